The van der Waals surface area contributed by atoms with Crippen molar-refractivity contribution in [3.63, 3.8) is 0 Å². The van der Waals surface area contributed by atoms with Crippen LogP contribution in [-0.2, 0) is 19.2 Å². The zero-order valence-electron chi connectivity index (χ0n) is 9.36. The molecule has 92 valence electrons. The van der Waals surface area contributed by atoms with E-state index in [1.165, 1.54) is 0 Å². The highest BCUT2D eigenvalue weighted by atomic mass is 16.2. The number of imide groups is 2. The van der Waals surface area contributed by atoms with E-state index >= 15 is 0 Å². The third-order valence-electron chi connectivity index (χ3n) is 4.99. The summed E-state index contributed by atoms with van der Waals surface area (Å²) in [5.41, 5.74) is -3.06. The smallest absolute Gasteiger partial charge is 0.244 e. The second kappa shape index (κ2) is 2.55. The van der Waals surface area contributed by atoms with Crippen LogP contribution in [0.4, 0.5) is 0 Å². The van der Waals surface area contributed by atoms with Crippen LogP contribution in [0.3, 0.4) is 0 Å². The van der Waals surface area contributed by atoms with E-state index in [0.717, 1.165) is 0 Å². The first-order valence-corrected chi connectivity index (χ1v) is 5.96. The molecule has 2 aliphatic heterocycles. The number of allylic oxidation sites excluding steroid dienone is 2. The molecule has 2 N–H and O–H groups in total. The van der Waals surface area contributed by atoms with Crippen LogP contribution in [0.5, 0.6) is 0 Å². The van der Waals surface area contributed by atoms with Crippen molar-refractivity contribution in [3.05, 3.63) is 12.2 Å². The van der Waals surface area contributed by atoms with Crippen molar-refractivity contribution in [2.75, 3.05) is 0 Å². The van der Waals surface area contributed by atoms with Gasteiger partial charge in [0.15, 0.2) is 10.8 Å². The van der Waals surface area contributed by atoms with Gasteiger partial charge in [-0.15, -0.1) is 0 Å². The normalized spacial score (nSPS) is 48.0. The maximum atomic E-state index is 12.2. The molecule has 0 spiro atoms. The molecule has 2 atom stereocenters. The second-order valence-corrected chi connectivity index (χ2v) is 5.36. The zero-order valence-corrected chi connectivity index (χ0v) is 9.36. The Balaban J connectivity index is 2.14. The van der Waals surface area contributed by atoms with Gasteiger partial charge in [-0.2, -0.15) is 0 Å². The average molecular weight is 246 g/mol. The number of amides is 4. The first-order valence-electron chi connectivity index (χ1n) is 5.96. The zero-order chi connectivity index (χ0) is 12.7. The molecule has 0 aromatic heterocycles. The molecular formula is C12H10N2O4. The van der Waals surface area contributed by atoms with E-state index in [4.69, 9.17) is 0 Å². The molecule has 0 aromatic rings. The predicted molar refractivity (Wildman–Crippen MR) is 56.5 cm³/mol. The second-order valence-electron chi connectivity index (χ2n) is 5.36. The van der Waals surface area contributed by atoms with Crippen molar-refractivity contribution in [2.45, 2.75) is 12.8 Å². The van der Waals surface area contributed by atoms with Crippen molar-refractivity contribution in [1.29, 1.82) is 0 Å². The van der Waals surface area contributed by atoms with E-state index in [0.29, 0.717) is 12.8 Å². The molecule has 0 radical (unpaired) electrons. The topological polar surface area (TPSA) is 92.3 Å². The van der Waals surface area contributed by atoms with Crippen LogP contribution in [0.2, 0.25) is 0 Å². The lowest BCUT2D eigenvalue weighted by Gasteiger charge is -2.48. The molecule has 6 nitrogen and oxygen atoms in total. The molecule has 2 bridgehead atoms. The first-order chi connectivity index (χ1) is 8.56. The molecular weight excluding hydrogens is 236 g/mol. The molecule has 0 unspecified atom stereocenters. The maximum absolute atomic E-state index is 12.2. The van der Waals surface area contributed by atoms with E-state index in [2.05, 4.69) is 10.6 Å². The van der Waals surface area contributed by atoms with Crippen LogP contribution in [0, 0.1) is 22.7 Å². The Morgan fingerprint density at radius 3 is 1.39 bits per heavy atom. The Hall–Kier alpha value is -1.98. The summed E-state index contributed by atoms with van der Waals surface area (Å²) in [6.45, 7) is 0. The van der Waals surface area contributed by atoms with Crippen molar-refractivity contribution >= 4 is 23.6 Å². The number of rotatable bonds is 0. The Labute approximate surface area is 102 Å². The lowest BCUT2D eigenvalue weighted by Crippen LogP contribution is -2.60. The van der Waals surface area contributed by atoms with Crippen molar-refractivity contribution in [1.82, 2.24) is 10.6 Å². The molecule has 1 saturated carbocycles. The quantitative estimate of drug-likeness (QED) is 0.321. The minimum Gasteiger partial charge on any atom is -0.294 e. The summed E-state index contributed by atoms with van der Waals surface area (Å²) < 4.78 is 0. The largest absolute Gasteiger partial charge is 0.294 e. The number of carbonyl (C=O) groups is 4. The van der Waals surface area contributed by atoms with E-state index in [-0.39, 0.29) is 11.8 Å². The van der Waals surface area contributed by atoms with Gasteiger partial charge in [-0.1, -0.05) is 12.2 Å². The molecule has 0 aromatic carbocycles. The molecule has 5 rings (SSSR count). The van der Waals surface area contributed by atoms with Gasteiger partial charge in [-0.3, -0.25) is 29.8 Å². The van der Waals surface area contributed by atoms with E-state index < -0.39 is 34.5 Å². The van der Waals surface area contributed by atoms with Gasteiger partial charge in [-0.05, 0) is 12.8 Å². The monoisotopic (exact) mass is 246 g/mol. The SMILES string of the molecule is O=C1NC(=O)C23C(=O)NC(=O)C12[C@H]1C=C[C@H]3CC1. The Kier molecular flexibility index (Phi) is 1.42. The first kappa shape index (κ1) is 9.99. The fraction of sp³-hybridized carbons (Fsp3) is 0.500. The summed E-state index contributed by atoms with van der Waals surface area (Å²) >= 11 is 0. The molecule has 3 fully saturated rings. The van der Waals surface area contributed by atoms with E-state index in [1.54, 1.807) is 0 Å². The highest BCUT2D eigenvalue weighted by Crippen LogP contribution is 2.65. The highest BCUT2D eigenvalue weighted by molar-refractivity contribution is 6.35. The molecule has 2 saturated heterocycles. The third kappa shape index (κ3) is 0.638. The van der Waals surface area contributed by atoms with Gasteiger partial charge >= 0.3 is 0 Å². The van der Waals surface area contributed by atoms with Crippen molar-refractivity contribution in [2.24, 2.45) is 22.7 Å². The number of hydrogen-bond acceptors (Lipinski definition) is 4. The predicted octanol–water partition coefficient (Wildman–Crippen LogP) is -1.13. The molecule has 4 amide bonds. The lowest BCUT2D eigenvalue weighted by molar-refractivity contribution is -0.159. The number of hydrogen-bond donors (Lipinski definition) is 2. The van der Waals surface area contributed by atoms with Crippen LogP contribution < -0.4 is 10.6 Å². The number of fused-ring (bicyclic) bond motifs is 1. The van der Waals surface area contributed by atoms with Gasteiger partial charge in [0.1, 0.15) is 0 Å². The average Bonchev–Trinajstić information content (AvgIpc) is 2.77. The van der Waals surface area contributed by atoms with Crippen LogP contribution >= 0.6 is 0 Å². The number of carbonyl (C=O) groups excluding carboxylic acids is 4. The fourth-order valence-corrected chi connectivity index (χ4v) is 4.32. The van der Waals surface area contributed by atoms with Crippen molar-refractivity contribution in [3.8, 4) is 0 Å². The molecule has 18 heavy (non-hydrogen) atoms. The van der Waals surface area contributed by atoms with E-state index in [1.807, 2.05) is 12.2 Å². The minimum absolute atomic E-state index is 0.361. The van der Waals surface area contributed by atoms with Gasteiger partial charge in [0.05, 0.1) is 0 Å². The van der Waals surface area contributed by atoms with Gasteiger partial charge in [0, 0.05) is 11.8 Å². The molecule has 2 heterocycles. The van der Waals surface area contributed by atoms with Gasteiger partial charge in [-0.25, -0.2) is 0 Å². The fourth-order valence-electron chi connectivity index (χ4n) is 4.32. The van der Waals surface area contributed by atoms with Gasteiger partial charge in [0.25, 0.3) is 0 Å². The minimum atomic E-state index is -1.53. The standard InChI is InChI=1S/C12H10N2O4/c15-7-11-5-1-2-6(4-3-5)12(11,9(17)13-7)10(18)14-8(11)16/h1-2,5-6H,3-4H2,(H,13,15,17)(H,14,16,18)/t5-,6-,11?,12?/m0/s1. The summed E-state index contributed by atoms with van der Waals surface area (Å²) in [5, 5.41) is 4.41. The third-order valence-corrected chi connectivity index (χ3v) is 4.99. The van der Waals surface area contributed by atoms with E-state index in [9.17, 15) is 19.2 Å². The van der Waals surface area contributed by atoms with Crippen molar-refractivity contribution < 1.29 is 19.2 Å². The lowest BCUT2D eigenvalue weighted by atomic mass is 9.47. The molecule has 5 aliphatic rings. The Morgan fingerprint density at radius 1 is 0.778 bits per heavy atom. The van der Waals surface area contributed by atoms with Crippen LogP contribution in [0.15, 0.2) is 12.2 Å². The summed E-state index contributed by atoms with van der Waals surface area (Å²) in [6, 6.07) is 0. The van der Waals surface area contributed by atoms with Gasteiger partial charge < -0.3 is 0 Å². The summed E-state index contributed by atoms with van der Waals surface area (Å²) in [4.78, 5) is 48.7. The summed E-state index contributed by atoms with van der Waals surface area (Å²) in [6.07, 6.45) is 4.93. The highest BCUT2D eigenvalue weighted by Gasteiger charge is 2.84. The van der Waals surface area contributed by atoms with Crippen LogP contribution in [-0.4, -0.2) is 23.6 Å². The summed E-state index contributed by atoms with van der Waals surface area (Å²) in [5.74, 6) is -3.18. The number of nitrogens with one attached hydrogen (secondary N) is 2. The maximum Gasteiger partial charge on any atom is 0.244 e. The van der Waals surface area contributed by atoms with Crippen LogP contribution in [0.25, 0.3) is 0 Å². The van der Waals surface area contributed by atoms with Gasteiger partial charge in [0.2, 0.25) is 23.6 Å². The molecule has 6 heteroatoms. The Morgan fingerprint density at radius 2 is 1.11 bits per heavy atom. The summed E-state index contributed by atoms with van der Waals surface area (Å²) in [7, 11) is 0. The molecule has 3 aliphatic carbocycles. The Bertz CT molecular complexity index is 499. The van der Waals surface area contributed by atoms with Crippen LogP contribution in [0.1, 0.15) is 12.8 Å².